The maximum atomic E-state index is 14.0. The summed E-state index contributed by atoms with van der Waals surface area (Å²) >= 11 is 1.64. The Hall–Kier alpha value is -1.42. The minimum Gasteiger partial charge on any atom is -0.491 e. The number of aryl methyl sites for hydroxylation is 1. The highest BCUT2D eigenvalue weighted by molar-refractivity contribution is 14.0. The minimum absolute atomic E-state index is 0. The molecule has 2 rings (SSSR count). The van der Waals surface area contributed by atoms with Crippen LogP contribution in [0.25, 0.3) is 0 Å². The fourth-order valence-electron chi connectivity index (χ4n) is 2.35. The number of thiazole rings is 1. The van der Waals surface area contributed by atoms with Crippen molar-refractivity contribution in [1.29, 1.82) is 0 Å². The Balaban J connectivity index is 0.00000338. The Morgan fingerprint density at radius 2 is 2.15 bits per heavy atom. The van der Waals surface area contributed by atoms with Crippen molar-refractivity contribution < 1.29 is 9.13 Å². The molecule has 144 valence electrons. The third-order valence-corrected chi connectivity index (χ3v) is 4.29. The predicted octanol–water partition coefficient (Wildman–Crippen LogP) is 4.20. The number of nitrogens with one attached hydrogen (secondary N) is 1. The Labute approximate surface area is 175 Å². The SMILES string of the molecule is CCNC(=NCc1ccc(OCC)c(F)c1)N(C)Cc1csc(C)n1.I. The van der Waals surface area contributed by atoms with Gasteiger partial charge in [0.2, 0.25) is 0 Å². The van der Waals surface area contributed by atoms with E-state index in [0.717, 1.165) is 28.8 Å². The summed E-state index contributed by atoms with van der Waals surface area (Å²) in [5.41, 5.74) is 1.82. The average molecular weight is 492 g/mol. The zero-order valence-electron chi connectivity index (χ0n) is 15.6. The van der Waals surface area contributed by atoms with Crippen molar-refractivity contribution in [3.63, 3.8) is 0 Å². The summed E-state index contributed by atoms with van der Waals surface area (Å²) in [4.78, 5) is 11.1. The minimum atomic E-state index is -0.356. The second-order valence-electron chi connectivity index (χ2n) is 5.58. The lowest BCUT2D eigenvalue weighted by Gasteiger charge is -2.21. The van der Waals surface area contributed by atoms with Gasteiger partial charge in [0, 0.05) is 19.0 Å². The van der Waals surface area contributed by atoms with Crippen LogP contribution in [0.4, 0.5) is 4.39 Å². The Bertz CT molecular complexity index is 723. The van der Waals surface area contributed by atoms with Crippen LogP contribution in [0.3, 0.4) is 0 Å². The molecule has 0 saturated heterocycles. The first-order valence-corrected chi connectivity index (χ1v) is 9.23. The molecule has 5 nitrogen and oxygen atoms in total. The third kappa shape index (κ3) is 6.71. The Morgan fingerprint density at radius 3 is 2.73 bits per heavy atom. The molecule has 2 aromatic rings. The first-order chi connectivity index (χ1) is 12.0. The van der Waals surface area contributed by atoms with Crippen molar-refractivity contribution in [1.82, 2.24) is 15.2 Å². The van der Waals surface area contributed by atoms with Gasteiger partial charge in [-0.25, -0.2) is 14.4 Å². The summed E-state index contributed by atoms with van der Waals surface area (Å²) in [7, 11) is 1.97. The molecule has 0 saturated carbocycles. The van der Waals surface area contributed by atoms with Crippen molar-refractivity contribution in [2.45, 2.75) is 33.9 Å². The first kappa shape index (κ1) is 22.6. The maximum Gasteiger partial charge on any atom is 0.194 e. The molecule has 0 amide bonds. The van der Waals surface area contributed by atoms with Crippen molar-refractivity contribution in [3.05, 3.63) is 45.7 Å². The normalized spacial score (nSPS) is 11.0. The Morgan fingerprint density at radius 1 is 1.38 bits per heavy atom. The van der Waals surface area contributed by atoms with Crippen LogP contribution in [0, 0.1) is 12.7 Å². The Kier molecular flexibility index (Phi) is 9.85. The number of hydrogen-bond donors (Lipinski definition) is 1. The topological polar surface area (TPSA) is 49.8 Å². The number of rotatable bonds is 7. The van der Waals surface area contributed by atoms with Gasteiger partial charge in [0.15, 0.2) is 17.5 Å². The summed E-state index contributed by atoms with van der Waals surface area (Å²) < 4.78 is 19.2. The molecule has 0 radical (unpaired) electrons. The maximum absolute atomic E-state index is 14.0. The van der Waals surface area contributed by atoms with Gasteiger partial charge < -0.3 is 15.0 Å². The van der Waals surface area contributed by atoms with Crippen LogP contribution in [0.15, 0.2) is 28.6 Å². The molecule has 0 aliphatic heterocycles. The standard InChI is InChI=1S/C18H25FN4OS.HI/c1-5-20-18(23(4)11-15-12-25-13(3)22-15)21-10-14-7-8-17(24-6-2)16(19)9-14;/h7-9,12H,5-6,10-11H2,1-4H3,(H,20,21);1H. The molecular weight excluding hydrogens is 466 g/mol. The van der Waals surface area contributed by atoms with Gasteiger partial charge in [0.1, 0.15) is 0 Å². The molecular formula is C18H26FIN4OS. The largest absolute Gasteiger partial charge is 0.491 e. The molecule has 0 aliphatic carbocycles. The molecule has 0 bridgehead atoms. The van der Waals surface area contributed by atoms with Crippen molar-refractivity contribution in [2.75, 3.05) is 20.2 Å². The zero-order valence-corrected chi connectivity index (χ0v) is 18.7. The van der Waals surface area contributed by atoms with Crippen LogP contribution in [0.5, 0.6) is 5.75 Å². The molecule has 8 heteroatoms. The third-order valence-electron chi connectivity index (χ3n) is 3.47. The molecule has 0 aliphatic rings. The van der Waals surface area contributed by atoms with Crippen molar-refractivity contribution >= 4 is 41.3 Å². The van der Waals surface area contributed by atoms with E-state index in [9.17, 15) is 4.39 Å². The van der Waals surface area contributed by atoms with Crippen LogP contribution < -0.4 is 10.1 Å². The number of hydrogen-bond acceptors (Lipinski definition) is 4. The quantitative estimate of drug-likeness (QED) is 0.358. The van der Waals surface area contributed by atoms with Crippen LogP contribution in [0.2, 0.25) is 0 Å². The first-order valence-electron chi connectivity index (χ1n) is 8.35. The lowest BCUT2D eigenvalue weighted by atomic mass is 10.2. The van der Waals surface area contributed by atoms with Crippen molar-refractivity contribution in [2.24, 2.45) is 4.99 Å². The molecule has 0 spiro atoms. The van der Waals surface area contributed by atoms with E-state index in [1.807, 2.05) is 38.8 Å². The molecule has 1 aromatic carbocycles. The van der Waals surface area contributed by atoms with E-state index in [1.165, 1.54) is 6.07 Å². The smallest absolute Gasteiger partial charge is 0.194 e. The number of nitrogens with zero attached hydrogens (tertiary/aromatic N) is 3. The van der Waals surface area contributed by atoms with Crippen molar-refractivity contribution in [3.8, 4) is 5.75 Å². The second kappa shape index (κ2) is 11.3. The molecule has 0 atom stereocenters. The van der Waals surface area contributed by atoms with Gasteiger partial charge in [-0.05, 0) is 38.5 Å². The monoisotopic (exact) mass is 492 g/mol. The van der Waals surface area contributed by atoms with Gasteiger partial charge in [0.05, 0.1) is 30.4 Å². The number of guanidine groups is 1. The summed E-state index contributed by atoms with van der Waals surface area (Å²) in [6.45, 7) is 8.12. The molecule has 0 unspecified atom stereocenters. The summed E-state index contributed by atoms with van der Waals surface area (Å²) in [6.07, 6.45) is 0. The lowest BCUT2D eigenvalue weighted by molar-refractivity contribution is 0.321. The van der Waals surface area contributed by atoms with Gasteiger partial charge in [-0.2, -0.15) is 0 Å². The summed E-state index contributed by atoms with van der Waals surface area (Å²) in [5, 5.41) is 6.36. The van der Waals surface area contributed by atoms with E-state index >= 15 is 0 Å². The second-order valence-corrected chi connectivity index (χ2v) is 6.64. The molecule has 1 heterocycles. The number of aliphatic imine (C=N–C) groups is 1. The van der Waals surface area contributed by atoms with Crippen LogP contribution >= 0.6 is 35.3 Å². The number of benzene rings is 1. The molecule has 1 N–H and O–H groups in total. The zero-order chi connectivity index (χ0) is 18.2. The number of halogens is 2. The van der Waals surface area contributed by atoms with E-state index in [1.54, 1.807) is 17.4 Å². The van der Waals surface area contributed by atoms with E-state index < -0.39 is 0 Å². The molecule has 26 heavy (non-hydrogen) atoms. The molecule has 1 aromatic heterocycles. The van der Waals surface area contributed by atoms with Crippen LogP contribution in [-0.2, 0) is 13.1 Å². The number of aromatic nitrogens is 1. The highest BCUT2D eigenvalue weighted by atomic mass is 127. The van der Waals surface area contributed by atoms with Gasteiger partial charge in [0.25, 0.3) is 0 Å². The average Bonchev–Trinajstić information content (AvgIpc) is 2.98. The fraction of sp³-hybridized carbons (Fsp3) is 0.444. The van der Waals surface area contributed by atoms with E-state index in [-0.39, 0.29) is 35.5 Å². The van der Waals surface area contributed by atoms with Crippen LogP contribution in [-0.4, -0.2) is 36.0 Å². The predicted molar refractivity (Wildman–Crippen MR) is 116 cm³/mol. The van der Waals surface area contributed by atoms with E-state index in [0.29, 0.717) is 19.7 Å². The van der Waals surface area contributed by atoms with E-state index in [2.05, 4.69) is 20.7 Å². The van der Waals surface area contributed by atoms with E-state index in [4.69, 9.17) is 4.74 Å². The van der Waals surface area contributed by atoms with Gasteiger partial charge in [-0.15, -0.1) is 35.3 Å². The molecule has 0 fully saturated rings. The van der Waals surface area contributed by atoms with Gasteiger partial charge >= 0.3 is 0 Å². The van der Waals surface area contributed by atoms with Gasteiger partial charge in [-0.3, -0.25) is 0 Å². The highest BCUT2D eigenvalue weighted by Crippen LogP contribution is 2.19. The lowest BCUT2D eigenvalue weighted by Crippen LogP contribution is -2.38. The highest BCUT2D eigenvalue weighted by Gasteiger charge is 2.09. The van der Waals surface area contributed by atoms with Crippen LogP contribution in [0.1, 0.15) is 30.1 Å². The number of ether oxygens (including phenoxy) is 1. The summed E-state index contributed by atoms with van der Waals surface area (Å²) in [6, 6.07) is 4.96. The fourth-order valence-corrected chi connectivity index (χ4v) is 2.95. The summed E-state index contributed by atoms with van der Waals surface area (Å²) in [5.74, 6) is 0.687. The van der Waals surface area contributed by atoms with Gasteiger partial charge in [-0.1, -0.05) is 6.07 Å².